The van der Waals surface area contributed by atoms with Crippen LogP contribution in [0.5, 0.6) is 0 Å². The minimum atomic E-state index is 0.0724. The molecule has 0 aromatic carbocycles. The summed E-state index contributed by atoms with van der Waals surface area (Å²) in [6.07, 6.45) is 7.65. The molecule has 2 aliphatic rings. The molecule has 20 heavy (non-hydrogen) atoms. The van der Waals surface area contributed by atoms with Crippen molar-refractivity contribution in [3.8, 4) is 0 Å². The highest BCUT2D eigenvalue weighted by Gasteiger charge is 2.30. The van der Waals surface area contributed by atoms with Gasteiger partial charge in [0.15, 0.2) is 0 Å². The van der Waals surface area contributed by atoms with E-state index in [0.717, 1.165) is 32.0 Å². The highest BCUT2D eigenvalue weighted by molar-refractivity contribution is 5.75. The summed E-state index contributed by atoms with van der Waals surface area (Å²) in [5.74, 6) is 1.58. The first kappa shape index (κ1) is 13.1. The Balaban J connectivity index is 1.49. The fraction of sp³-hybridized carbons (Fsp3) is 0.643. The summed E-state index contributed by atoms with van der Waals surface area (Å²) in [5.41, 5.74) is 0. The van der Waals surface area contributed by atoms with Gasteiger partial charge in [0.05, 0.1) is 6.20 Å². The lowest BCUT2D eigenvalue weighted by Gasteiger charge is -2.35. The van der Waals surface area contributed by atoms with Crippen LogP contribution in [0.3, 0.4) is 0 Å². The highest BCUT2D eigenvalue weighted by Crippen LogP contribution is 2.32. The summed E-state index contributed by atoms with van der Waals surface area (Å²) >= 11 is 0. The zero-order valence-electron chi connectivity index (χ0n) is 11.8. The maximum Gasteiger partial charge on any atom is 0.317 e. The summed E-state index contributed by atoms with van der Waals surface area (Å²) in [6, 6.07) is 0.378. The quantitative estimate of drug-likeness (QED) is 0.897. The molecular formula is C14H21N5O. The summed E-state index contributed by atoms with van der Waals surface area (Å²) in [4.78, 5) is 24.6. The van der Waals surface area contributed by atoms with E-state index in [2.05, 4.69) is 27.1 Å². The van der Waals surface area contributed by atoms with Gasteiger partial charge < -0.3 is 15.1 Å². The van der Waals surface area contributed by atoms with E-state index >= 15 is 0 Å². The number of amides is 2. The molecule has 2 amide bonds. The minimum Gasteiger partial charge on any atom is -0.352 e. The number of hydrogen-bond acceptors (Lipinski definition) is 4. The Kier molecular flexibility index (Phi) is 3.71. The lowest BCUT2D eigenvalue weighted by Crippen LogP contribution is -2.53. The molecule has 0 bridgehead atoms. The summed E-state index contributed by atoms with van der Waals surface area (Å²) in [7, 11) is 0. The summed E-state index contributed by atoms with van der Waals surface area (Å²) in [6.45, 7) is 5.19. The largest absolute Gasteiger partial charge is 0.352 e. The van der Waals surface area contributed by atoms with Crippen molar-refractivity contribution in [3.05, 3.63) is 18.6 Å². The number of aromatic nitrogens is 2. The number of urea groups is 1. The van der Waals surface area contributed by atoms with Crippen molar-refractivity contribution < 1.29 is 4.79 Å². The Bertz CT molecular complexity index is 454. The molecule has 1 saturated heterocycles. The molecule has 0 spiro atoms. The van der Waals surface area contributed by atoms with Crippen LogP contribution in [0.4, 0.5) is 10.6 Å². The molecule has 1 saturated carbocycles. The molecule has 0 radical (unpaired) electrons. The molecule has 1 aromatic rings. The molecule has 6 heteroatoms. The van der Waals surface area contributed by atoms with Gasteiger partial charge >= 0.3 is 6.03 Å². The number of carbonyl (C=O) groups excluding carboxylic acids is 1. The molecule has 2 heterocycles. The number of nitrogens with zero attached hydrogens (tertiary/aromatic N) is 4. The van der Waals surface area contributed by atoms with Crippen molar-refractivity contribution in [1.82, 2.24) is 20.2 Å². The maximum atomic E-state index is 12.2. The third-order valence-corrected chi connectivity index (χ3v) is 4.12. The number of carbonyl (C=O) groups is 1. The van der Waals surface area contributed by atoms with E-state index in [1.54, 1.807) is 18.6 Å². The Morgan fingerprint density at radius 1 is 1.30 bits per heavy atom. The lowest BCUT2D eigenvalue weighted by atomic mass is 10.2. The van der Waals surface area contributed by atoms with E-state index < -0.39 is 0 Å². The number of rotatable bonds is 3. The standard InChI is InChI=1S/C14H21N5O/c1-11(12-2-3-12)17-14(20)19-8-6-18(7-9-19)13-10-15-4-5-16-13/h4-5,10-12H,2-3,6-9H2,1H3,(H,17,20). The van der Waals surface area contributed by atoms with Crippen molar-refractivity contribution >= 4 is 11.8 Å². The fourth-order valence-electron chi connectivity index (χ4n) is 2.59. The Morgan fingerprint density at radius 2 is 2.05 bits per heavy atom. The van der Waals surface area contributed by atoms with Crippen molar-refractivity contribution in [1.29, 1.82) is 0 Å². The molecule has 1 aromatic heterocycles. The zero-order valence-corrected chi connectivity index (χ0v) is 11.8. The average molecular weight is 275 g/mol. The van der Waals surface area contributed by atoms with Crippen LogP contribution in [0.1, 0.15) is 19.8 Å². The normalized spacial score (nSPS) is 20.6. The third kappa shape index (κ3) is 3.00. The van der Waals surface area contributed by atoms with Crippen LogP contribution < -0.4 is 10.2 Å². The lowest BCUT2D eigenvalue weighted by molar-refractivity contribution is 0.189. The second-order valence-electron chi connectivity index (χ2n) is 5.61. The number of anilines is 1. The van der Waals surface area contributed by atoms with Gasteiger partial charge in [0.2, 0.25) is 0 Å². The second-order valence-corrected chi connectivity index (χ2v) is 5.61. The average Bonchev–Trinajstić information content (AvgIpc) is 3.33. The predicted octanol–water partition coefficient (Wildman–Crippen LogP) is 1.11. The smallest absolute Gasteiger partial charge is 0.317 e. The first-order valence-electron chi connectivity index (χ1n) is 7.30. The van der Waals surface area contributed by atoms with Crippen molar-refractivity contribution in [2.45, 2.75) is 25.8 Å². The molecule has 108 valence electrons. The van der Waals surface area contributed by atoms with E-state index in [9.17, 15) is 4.79 Å². The monoisotopic (exact) mass is 275 g/mol. The van der Waals surface area contributed by atoms with Gasteiger partial charge in [-0.15, -0.1) is 0 Å². The third-order valence-electron chi connectivity index (χ3n) is 4.12. The van der Waals surface area contributed by atoms with E-state index in [1.807, 2.05) is 4.90 Å². The zero-order chi connectivity index (χ0) is 13.9. The highest BCUT2D eigenvalue weighted by atomic mass is 16.2. The van der Waals surface area contributed by atoms with E-state index in [-0.39, 0.29) is 6.03 Å². The first-order valence-corrected chi connectivity index (χ1v) is 7.30. The van der Waals surface area contributed by atoms with Gasteiger partial charge in [-0.25, -0.2) is 9.78 Å². The molecule has 1 atom stereocenters. The van der Waals surface area contributed by atoms with E-state index in [0.29, 0.717) is 12.0 Å². The van der Waals surface area contributed by atoms with Crippen LogP contribution in [0.25, 0.3) is 0 Å². The molecule has 2 fully saturated rings. The van der Waals surface area contributed by atoms with E-state index in [4.69, 9.17) is 0 Å². The topological polar surface area (TPSA) is 61.4 Å². The van der Waals surface area contributed by atoms with Gasteiger partial charge in [-0.2, -0.15) is 0 Å². The van der Waals surface area contributed by atoms with Gasteiger partial charge in [0, 0.05) is 44.6 Å². The Labute approximate surface area is 119 Å². The fourth-order valence-corrected chi connectivity index (χ4v) is 2.59. The van der Waals surface area contributed by atoms with Crippen molar-refractivity contribution in [3.63, 3.8) is 0 Å². The SMILES string of the molecule is CC(NC(=O)N1CCN(c2cnccn2)CC1)C1CC1. The molecule has 1 unspecified atom stereocenters. The molecule has 1 aliphatic heterocycles. The van der Waals surface area contributed by atoms with Crippen LogP contribution in [-0.4, -0.2) is 53.1 Å². The van der Waals surface area contributed by atoms with Crippen molar-refractivity contribution in [2.75, 3.05) is 31.1 Å². The number of hydrogen-bond donors (Lipinski definition) is 1. The predicted molar refractivity (Wildman–Crippen MR) is 76.5 cm³/mol. The molecule has 1 N–H and O–H groups in total. The van der Waals surface area contributed by atoms with Gasteiger partial charge in [-0.1, -0.05) is 0 Å². The second kappa shape index (κ2) is 5.64. The molecule has 3 rings (SSSR count). The van der Waals surface area contributed by atoms with Gasteiger partial charge in [0.25, 0.3) is 0 Å². The van der Waals surface area contributed by atoms with Crippen LogP contribution in [0.2, 0.25) is 0 Å². The summed E-state index contributed by atoms with van der Waals surface area (Å²) in [5, 5.41) is 3.11. The summed E-state index contributed by atoms with van der Waals surface area (Å²) < 4.78 is 0. The van der Waals surface area contributed by atoms with Gasteiger partial charge in [-0.05, 0) is 25.7 Å². The number of nitrogens with one attached hydrogen (secondary N) is 1. The molecular weight excluding hydrogens is 254 g/mol. The van der Waals surface area contributed by atoms with Gasteiger partial charge in [0.1, 0.15) is 5.82 Å². The van der Waals surface area contributed by atoms with Crippen LogP contribution in [0, 0.1) is 5.92 Å². The van der Waals surface area contributed by atoms with Crippen molar-refractivity contribution in [2.24, 2.45) is 5.92 Å². The van der Waals surface area contributed by atoms with Gasteiger partial charge in [-0.3, -0.25) is 4.98 Å². The Morgan fingerprint density at radius 3 is 2.65 bits per heavy atom. The minimum absolute atomic E-state index is 0.0724. The van der Waals surface area contributed by atoms with Crippen LogP contribution >= 0.6 is 0 Å². The first-order chi connectivity index (χ1) is 9.74. The van der Waals surface area contributed by atoms with Crippen LogP contribution in [-0.2, 0) is 0 Å². The molecule has 6 nitrogen and oxygen atoms in total. The van der Waals surface area contributed by atoms with E-state index in [1.165, 1.54) is 12.8 Å². The number of piperazine rings is 1. The van der Waals surface area contributed by atoms with Crippen LogP contribution in [0.15, 0.2) is 18.6 Å². The molecule has 1 aliphatic carbocycles. The maximum absolute atomic E-state index is 12.2. The Hall–Kier alpha value is -1.85.